The first-order chi connectivity index (χ1) is 9.58. The Bertz CT molecular complexity index is 709. The van der Waals surface area contributed by atoms with Gasteiger partial charge in [-0.1, -0.05) is 11.2 Å². The Morgan fingerprint density at radius 2 is 2.40 bits per heavy atom. The van der Waals surface area contributed by atoms with Crippen molar-refractivity contribution < 1.29 is 5.21 Å². The van der Waals surface area contributed by atoms with Crippen LogP contribution in [0.15, 0.2) is 42.7 Å². The summed E-state index contributed by atoms with van der Waals surface area (Å²) in [6, 6.07) is 5.42. The Hall–Kier alpha value is -1.74. The third-order valence-corrected chi connectivity index (χ3v) is 4.30. The van der Waals surface area contributed by atoms with Gasteiger partial charge in [-0.15, -0.1) is 5.10 Å². The molecule has 1 aromatic carbocycles. The van der Waals surface area contributed by atoms with E-state index in [0.29, 0.717) is 21.7 Å². The molecule has 0 aliphatic carbocycles. The summed E-state index contributed by atoms with van der Waals surface area (Å²) >= 11 is 4.62. The van der Waals surface area contributed by atoms with Crippen LogP contribution in [-0.2, 0) is 6.54 Å². The lowest BCUT2D eigenvalue weighted by molar-refractivity contribution is 0.318. The van der Waals surface area contributed by atoms with Crippen molar-refractivity contribution in [2.45, 2.75) is 23.5 Å². The number of hydrogen-bond acceptors (Lipinski definition) is 5. The van der Waals surface area contributed by atoms with E-state index in [2.05, 4.69) is 31.3 Å². The fourth-order valence-corrected chi connectivity index (χ4v) is 3.42. The van der Waals surface area contributed by atoms with E-state index in [0.717, 1.165) is 4.90 Å². The predicted molar refractivity (Wildman–Crippen MR) is 79.3 cm³/mol. The number of nitrogens with zero attached hydrogens (tertiary/aromatic N) is 3. The Labute approximate surface area is 127 Å². The van der Waals surface area contributed by atoms with Crippen LogP contribution < -0.4 is 11.4 Å². The van der Waals surface area contributed by atoms with Gasteiger partial charge in [0.05, 0.1) is 0 Å². The molecule has 0 saturated carbocycles. The zero-order valence-electron chi connectivity index (χ0n) is 10.5. The molecule has 0 spiro atoms. The summed E-state index contributed by atoms with van der Waals surface area (Å²) in [5.74, 6) is -0.0130. The molecule has 0 bridgehead atoms. The molecule has 9 heteroatoms. The molecular weight excluding hydrogens is 346 g/mol. The molecule has 0 radical (unpaired) electrons. The third-order valence-electron chi connectivity index (χ3n) is 2.58. The van der Waals surface area contributed by atoms with E-state index >= 15 is 0 Å². The third kappa shape index (κ3) is 2.73. The van der Waals surface area contributed by atoms with Crippen molar-refractivity contribution in [3.05, 3.63) is 38.7 Å². The minimum absolute atomic E-state index is 0.0130. The number of nitrogens with one attached hydrogen (secondary N) is 1. The Balaban J connectivity index is 2.49. The highest BCUT2D eigenvalue weighted by Gasteiger charge is 2.15. The molecule has 106 valence electrons. The lowest BCUT2D eigenvalue weighted by Crippen LogP contribution is -2.17. The molecule has 2 aromatic rings. The van der Waals surface area contributed by atoms with Gasteiger partial charge in [-0.3, -0.25) is 4.57 Å². The van der Waals surface area contributed by atoms with Gasteiger partial charge in [0.2, 0.25) is 0 Å². The predicted octanol–water partition coefficient (Wildman–Crippen LogP) is 1.60. The van der Waals surface area contributed by atoms with Crippen molar-refractivity contribution in [1.29, 1.82) is 0 Å². The van der Waals surface area contributed by atoms with Crippen LogP contribution >= 0.6 is 27.7 Å². The second-order valence-corrected chi connectivity index (χ2v) is 5.62. The molecule has 0 fully saturated rings. The molecule has 0 aliphatic heterocycles. The maximum absolute atomic E-state index is 11.5. The highest BCUT2D eigenvalue weighted by molar-refractivity contribution is 9.10. The van der Waals surface area contributed by atoms with Crippen molar-refractivity contribution in [1.82, 2.24) is 14.8 Å². The van der Waals surface area contributed by atoms with Gasteiger partial charge in [-0.2, -0.15) is 0 Å². The fraction of sp³-hybridized carbons (Fsp3) is 0.182. The van der Waals surface area contributed by atoms with Gasteiger partial charge in [-0.05, 0) is 46.7 Å². The number of H-pyrrole nitrogens is 1. The van der Waals surface area contributed by atoms with E-state index in [-0.39, 0.29) is 11.5 Å². The molecule has 0 saturated heterocycles. The molecule has 20 heavy (non-hydrogen) atoms. The zero-order valence-corrected chi connectivity index (χ0v) is 12.9. The van der Waals surface area contributed by atoms with Crippen molar-refractivity contribution in [2.75, 3.05) is 0 Å². The number of hydrogen-bond donors (Lipinski definition) is 3. The number of nitrogens with two attached hydrogens (primary N) is 1. The van der Waals surface area contributed by atoms with Crippen LogP contribution in [0.4, 0.5) is 0 Å². The molecule has 1 heterocycles. The van der Waals surface area contributed by atoms with Crippen molar-refractivity contribution in [2.24, 2.45) is 10.9 Å². The molecular formula is C11H12BrN5O2S. The number of oxime groups is 1. The number of aromatic nitrogens is 3. The summed E-state index contributed by atoms with van der Waals surface area (Å²) in [6.45, 7) is 2.36. The topological polar surface area (TPSA) is 109 Å². The number of aromatic amines is 1. The average Bonchev–Trinajstić information content (AvgIpc) is 2.78. The van der Waals surface area contributed by atoms with E-state index < -0.39 is 0 Å². The van der Waals surface area contributed by atoms with Gasteiger partial charge in [-0.25, -0.2) is 9.89 Å². The van der Waals surface area contributed by atoms with Crippen molar-refractivity contribution in [3.8, 4) is 0 Å². The van der Waals surface area contributed by atoms with Gasteiger partial charge < -0.3 is 10.9 Å². The SMILES string of the molecule is CCn1c(Sc2cccc(Br)c2/C(N)=N/O)n[nH]c1=O. The number of rotatable bonds is 4. The lowest BCUT2D eigenvalue weighted by atomic mass is 10.2. The first kappa shape index (κ1) is 14.7. The Morgan fingerprint density at radius 1 is 1.65 bits per heavy atom. The first-order valence-electron chi connectivity index (χ1n) is 5.68. The maximum atomic E-state index is 11.5. The molecule has 4 N–H and O–H groups in total. The second-order valence-electron chi connectivity index (χ2n) is 3.76. The standard InChI is InChI=1S/C11H12BrN5O2S/c1-2-17-10(18)14-15-11(17)20-7-5-3-4-6(12)8(7)9(13)16-19/h3-5,19H,2H2,1H3,(H2,13,16)(H,14,18). The summed E-state index contributed by atoms with van der Waals surface area (Å²) in [4.78, 5) is 12.3. The van der Waals surface area contributed by atoms with E-state index in [1.165, 1.54) is 16.3 Å². The van der Waals surface area contributed by atoms with Gasteiger partial charge in [0.15, 0.2) is 11.0 Å². The lowest BCUT2D eigenvalue weighted by Gasteiger charge is -2.09. The molecule has 2 rings (SSSR count). The Kier molecular flexibility index (Phi) is 4.50. The Morgan fingerprint density at radius 3 is 3.05 bits per heavy atom. The highest BCUT2D eigenvalue weighted by atomic mass is 79.9. The summed E-state index contributed by atoms with van der Waals surface area (Å²) in [5.41, 5.74) is 5.97. The largest absolute Gasteiger partial charge is 0.409 e. The summed E-state index contributed by atoms with van der Waals surface area (Å²) in [6.07, 6.45) is 0. The van der Waals surface area contributed by atoms with Gasteiger partial charge in [0.25, 0.3) is 0 Å². The van der Waals surface area contributed by atoms with Gasteiger partial charge in [0.1, 0.15) is 0 Å². The minimum atomic E-state index is -0.268. The molecule has 0 amide bonds. The van der Waals surface area contributed by atoms with Crippen LogP contribution in [0.5, 0.6) is 0 Å². The normalized spacial score (nSPS) is 11.8. The van der Waals surface area contributed by atoms with Crippen molar-refractivity contribution >= 4 is 33.5 Å². The molecule has 0 atom stereocenters. The van der Waals surface area contributed by atoms with Crippen LogP contribution in [0.3, 0.4) is 0 Å². The smallest absolute Gasteiger partial charge is 0.343 e. The summed E-state index contributed by atoms with van der Waals surface area (Å²) in [7, 11) is 0. The van der Waals surface area contributed by atoms with Crippen LogP contribution in [0.1, 0.15) is 12.5 Å². The molecule has 0 unspecified atom stereocenters. The van der Waals surface area contributed by atoms with Crippen LogP contribution in [0, 0.1) is 0 Å². The summed E-state index contributed by atoms with van der Waals surface area (Å²) < 4.78 is 2.19. The van der Waals surface area contributed by atoms with Crippen LogP contribution in [0.25, 0.3) is 0 Å². The molecule has 1 aromatic heterocycles. The second kappa shape index (κ2) is 6.14. The fourth-order valence-electron chi connectivity index (χ4n) is 1.65. The van der Waals surface area contributed by atoms with Crippen LogP contribution in [0.2, 0.25) is 0 Å². The average molecular weight is 358 g/mol. The number of halogens is 1. The van der Waals surface area contributed by atoms with E-state index in [9.17, 15) is 4.79 Å². The van der Waals surface area contributed by atoms with Crippen LogP contribution in [-0.4, -0.2) is 25.8 Å². The van der Waals surface area contributed by atoms with E-state index in [4.69, 9.17) is 10.9 Å². The first-order valence-corrected chi connectivity index (χ1v) is 7.28. The maximum Gasteiger partial charge on any atom is 0.343 e. The van der Waals surface area contributed by atoms with Gasteiger partial charge in [0, 0.05) is 21.5 Å². The number of amidine groups is 1. The van der Waals surface area contributed by atoms with E-state index in [1.54, 1.807) is 6.07 Å². The zero-order chi connectivity index (χ0) is 14.7. The quantitative estimate of drug-likeness (QED) is 0.333. The molecule has 0 aliphatic rings. The monoisotopic (exact) mass is 357 g/mol. The summed E-state index contributed by atoms with van der Waals surface area (Å²) in [5, 5.41) is 18.8. The number of benzene rings is 1. The van der Waals surface area contributed by atoms with Crippen molar-refractivity contribution in [3.63, 3.8) is 0 Å². The highest BCUT2D eigenvalue weighted by Crippen LogP contribution is 2.32. The minimum Gasteiger partial charge on any atom is -0.409 e. The van der Waals surface area contributed by atoms with E-state index in [1.807, 2.05) is 19.1 Å². The molecule has 7 nitrogen and oxygen atoms in total. The van der Waals surface area contributed by atoms with Gasteiger partial charge >= 0.3 is 5.69 Å².